The van der Waals surface area contributed by atoms with Gasteiger partial charge in [0.05, 0.1) is 21.5 Å². The van der Waals surface area contributed by atoms with Gasteiger partial charge in [-0.15, -0.1) is 10.2 Å². The highest BCUT2D eigenvalue weighted by Gasteiger charge is 2.17. The number of aromatic nitrogens is 2. The number of para-hydroxylation sites is 1. The fraction of sp³-hybridized carbons (Fsp3) is 0. The second-order valence-corrected chi connectivity index (χ2v) is 6.78. The van der Waals surface area contributed by atoms with Crippen molar-refractivity contribution in [2.45, 2.75) is 9.24 Å². The zero-order chi connectivity index (χ0) is 16.9. The van der Waals surface area contributed by atoms with Crippen molar-refractivity contribution in [2.24, 2.45) is 0 Å². The molecule has 0 bridgehead atoms. The van der Waals surface area contributed by atoms with E-state index >= 15 is 0 Å². The fourth-order valence-electron chi connectivity index (χ4n) is 1.86. The van der Waals surface area contributed by atoms with Gasteiger partial charge >= 0.3 is 0 Å². The molecule has 1 heterocycles. The Balaban J connectivity index is 1.82. The van der Waals surface area contributed by atoms with Crippen molar-refractivity contribution in [3.05, 3.63) is 64.2 Å². The molecule has 0 aliphatic carbocycles. The molecule has 0 saturated heterocycles. The molecule has 0 aliphatic rings. The molecule has 7 nitrogen and oxygen atoms in total. The van der Waals surface area contributed by atoms with Crippen LogP contribution in [0, 0.1) is 21.4 Å². The zero-order valence-electron chi connectivity index (χ0n) is 12.0. The molecule has 24 heavy (non-hydrogen) atoms. The summed E-state index contributed by atoms with van der Waals surface area (Å²) < 4.78 is 0.548. The largest absolute Gasteiger partial charge is 0.330 e. The minimum absolute atomic E-state index is 0.0632. The van der Waals surface area contributed by atoms with Crippen molar-refractivity contribution in [1.29, 1.82) is 5.26 Å². The maximum absolute atomic E-state index is 11.1. The standard InChI is InChI=1S/C15H9N5O2S2/c16-9-10-6-7-12(20(21)22)13(8-10)23-15-19-18-14(24-15)17-11-4-2-1-3-5-11/h1-8H,(H,17,18). The van der Waals surface area contributed by atoms with Gasteiger partial charge in [-0.1, -0.05) is 29.5 Å². The number of nitriles is 1. The van der Waals surface area contributed by atoms with Crippen LogP contribution in [-0.4, -0.2) is 15.1 Å². The molecule has 2 aromatic carbocycles. The number of nitro groups is 1. The van der Waals surface area contributed by atoms with Gasteiger partial charge in [0.2, 0.25) is 5.13 Å². The average Bonchev–Trinajstić information content (AvgIpc) is 3.02. The van der Waals surface area contributed by atoms with Crippen LogP contribution in [0.5, 0.6) is 0 Å². The Morgan fingerprint density at radius 3 is 2.71 bits per heavy atom. The number of anilines is 2. The SMILES string of the molecule is N#Cc1ccc([N+](=O)[O-])c(Sc2nnc(Nc3ccccc3)s2)c1. The van der Waals surface area contributed by atoms with E-state index in [4.69, 9.17) is 5.26 Å². The Bertz CT molecular complexity index is 921. The maximum atomic E-state index is 11.1. The van der Waals surface area contributed by atoms with Crippen molar-refractivity contribution in [2.75, 3.05) is 5.32 Å². The zero-order valence-corrected chi connectivity index (χ0v) is 13.7. The summed E-state index contributed by atoms with van der Waals surface area (Å²) >= 11 is 2.40. The number of hydrogen-bond donors (Lipinski definition) is 1. The molecule has 3 aromatic rings. The van der Waals surface area contributed by atoms with Crippen molar-refractivity contribution in [3.8, 4) is 6.07 Å². The van der Waals surface area contributed by atoms with E-state index in [1.807, 2.05) is 36.4 Å². The Hall–Kier alpha value is -2.96. The van der Waals surface area contributed by atoms with E-state index in [1.165, 1.54) is 29.5 Å². The molecule has 0 fully saturated rings. The van der Waals surface area contributed by atoms with Gasteiger partial charge in [-0.05, 0) is 36.0 Å². The molecule has 0 spiro atoms. The van der Waals surface area contributed by atoms with Gasteiger partial charge in [-0.25, -0.2) is 0 Å². The molecular formula is C15H9N5O2S2. The van der Waals surface area contributed by atoms with Gasteiger partial charge in [0.1, 0.15) is 0 Å². The van der Waals surface area contributed by atoms with Gasteiger partial charge in [0, 0.05) is 11.8 Å². The van der Waals surface area contributed by atoms with Crippen molar-refractivity contribution >= 4 is 39.6 Å². The summed E-state index contributed by atoms with van der Waals surface area (Å²) in [5.41, 5.74) is 1.17. The third kappa shape index (κ3) is 3.68. The number of nitro benzene ring substituents is 1. The summed E-state index contributed by atoms with van der Waals surface area (Å²) in [6, 6.07) is 15.7. The highest BCUT2D eigenvalue weighted by Crippen LogP contribution is 2.38. The third-order valence-corrected chi connectivity index (χ3v) is 4.85. The van der Waals surface area contributed by atoms with Crippen LogP contribution in [0.15, 0.2) is 57.8 Å². The number of rotatable bonds is 5. The molecule has 1 aromatic heterocycles. The molecule has 3 rings (SSSR count). The molecule has 1 N–H and O–H groups in total. The molecular weight excluding hydrogens is 346 g/mol. The van der Waals surface area contributed by atoms with E-state index in [0.717, 1.165) is 17.4 Å². The first-order valence-electron chi connectivity index (χ1n) is 6.67. The summed E-state index contributed by atoms with van der Waals surface area (Å²) in [4.78, 5) is 11.0. The summed E-state index contributed by atoms with van der Waals surface area (Å²) in [6.07, 6.45) is 0. The number of benzene rings is 2. The summed E-state index contributed by atoms with van der Waals surface area (Å²) in [5, 5.41) is 31.8. The Kier molecular flexibility index (Phi) is 4.69. The first kappa shape index (κ1) is 15.9. The Morgan fingerprint density at radius 2 is 2.00 bits per heavy atom. The minimum atomic E-state index is -0.479. The predicted octanol–water partition coefficient (Wildman–Crippen LogP) is 4.21. The number of nitrogens with zero attached hydrogens (tertiary/aromatic N) is 4. The van der Waals surface area contributed by atoms with Crippen LogP contribution in [0.4, 0.5) is 16.5 Å². The van der Waals surface area contributed by atoms with Crippen molar-refractivity contribution in [3.63, 3.8) is 0 Å². The first-order valence-corrected chi connectivity index (χ1v) is 8.31. The quantitative estimate of drug-likeness (QED) is 0.540. The average molecular weight is 355 g/mol. The molecule has 0 radical (unpaired) electrons. The molecule has 0 saturated carbocycles. The normalized spacial score (nSPS) is 10.1. The van der Waals surface area contributed by atoms with E-state index in [9.17, 15) is 10.1 Å². The van der Waals surface area contributed by atoms with Gasteiger partial charge in [0.15, 0.2) is 4.34 Å². The van der Waals surface area contributed by atoms with Crippen molar-refractivity contribution < 1.29 is 4.92 Å². The third-order valence-electron chi connectivity index (χ3n) is 2.91. The summed E-state index contributed by atoms with van der Waals surface area (Å²) in [6.45, 7) is 0. The molecule has 0 aliphatic heterocycles. The van der Waals surface area contributed by atoms with E-state index in [2.05, 4.69) is 15.5 Å². The van der Waals surface area contributed by atoms with Gasteiger partial charge in [-0.2, -0.15) is 5.26 Å². The maximum Gasteiger partial charge on any atom is 0.283 e. The Morgan fingerprint density at radius 1 is 1.21 bits per heavy atom. The monoisotopic (exact) mass is 355 g/mol. The lowest BCUT2D eigenvalue weighted by Crippen LogP contribution is -1.91. The van der Waals surface area contributed by atoms with Gasteiger partial charge < -0.3 is 5.32 Å². The smallest absolute Gasteiger partial charge is 0.283 e. The van der Waals surface area contributed by atoms with Crippen LogP contribution >= 0.6 is 23.1 Å². The Labute approximate surface area is 145 Å². The second kappa shape index (κ2) is 7.08. The van der Waals surface area contributed by atoms with Crippen LogP contribution in [-0.2, 0) is 0 Å². The predicted molar refractivity (Wildman–Crippen MR) is 91.6 cm³/mol. The van der Waals surface area contributed by atoms with E-state index in [0.29, 0.717) is 19.9 Å². The second-order valence-electron chi connectivity index (χ2n) is 4.52. The lowest BCUT2D eigenvalue weighted by molar-refractivity contribution is -0.387. The highest BCUT2D eigenvalue weighted by atomic mass is 32.2. The summed E-state index contributed by atoms with van der Waals surface area (Å²) in [7, 11) is 0. The van der Waals surface area contributed by atoms with Crippen LogP contribution in [0.2, 0.25) is 0 Å². The molecule has 0 unspecified atom stereocenters. The van der Waals surface area contributed by atoms with Gasteiger partial charge in [0.25, 0.3) is 5.69 Å². The molecule has 9 heteroatoms. The molecule has 118 valence electrons. The van der Waals surface area contributed by atoms with E-state index < -0.39 is 4.92 Å². The minimum Gasteiger partial charge on any atom is -0.330 e. The lowest BCUT2D eigenvalue weighted by Gasteiger charge is -2.00. The van der Waals surface area contributed by atoms with Crippen molar-refractivity contribution in [1.82, 2.24) is 10.2 Å². The van der Waals surface area contributed by atoms with Crippen LogP contribution in [0.25, 0.3) is 0 Å². The van der Waals surface area contributed by atoms with Crippen LogP contribution < -0.4 is 5.32 Å². The van der Waals surface area contributed by atoms with Crippen LogP contribution in [0.3, 0.4) is 0 Å². The number of nitrogens with one attached hydrogen (secondary N) is 1. The summed E-state index contributed by atoms with van der Waals surface area (Å²) in [5.74, 6) is 0. The molecule has 0 atom stereocenters. The highest BCUT2D eigenvalue weighted by molar-refractivity contribution is 8.01. The first-order chi connectivity index (χ1) is 11.7. The van der Waals surface area contributed by atoms with E-state index in [-0.39, 0.29) is 5.69 Å². The fourth-order valence-corrected chi connectivity index (χ4v) is 3.73. The van der Waals surface area contributed by atoms with Crippen LogP contribution in [0.1, 0.15) is 5.56 Å². The van der Waals surface area contributed by atoms with Gasteiger partial charge in [-0.3, -0.25) is 10.1 Å². The number of hydrogen-bond acceptors (Lipinski definition) is 8. The molecule has 0 amide bonds. The van der Waals surface area contributed by atoms with E-state index in [1.54, 1.807) is 0 Å². The lowest BCUT2D eigenvalue weighted by atomic mass is 10.2. The topological polar surface area (TPSA) is 105 Å².